The fourth-order valence-electron chi connectivity index (χ4n) is 2.90. The minimum absolute atomic E-state index is 0.305. The molecule has 3 heteroatoms. The highest BCUT2D eigenvalue weighted by Gasteiger charge is 2.33. The van der Waals surface area contributed by atoms with Crippen LogP contribution >= 0.6 is 0 Å². The summed E-state index contributed by atoms with van der Waals surface area (Å²) in [5, 5.41) is 3.71. The largest absolute Gasteiger partial charge is 0.309 e. The number of piperazine rings is 1. The highest BCUT2D eigenvalue weighted by molar-refractivity contribution is 5.15. The molecule has 0 radical (unpaired) electrons. The van der Waals surface area contributed by atoms with E-state index in [2.05, 4.69) is 48.1 Å². The van der Waals surface area contributed by atoms with E-state index in [0.717, 1.165) is 19.6 Å². The van der Waals surface area contributed by atoms with Gasteiger partial charge in [-0.1, -0.05) is 13.8 Å². The van der Waals surface area contributed by atoms with Crippen molar-refractivity contribution in [3.8, 4) is 0 Å². The molecule has 1 unspecified atom stereocenters. The van der Waals surface area contributed by atoms with Crippen LogP contribution in [0.1, 0.15) is 45.2 Å². The van der Waals surface area contributed by atoms with Gasteiger partial charge in [-0.15, -0.1) is 0 Å². The van der Waals surface area contributed by atoms with Crippen LogP contribution in [-0.4, -0.2) is 35.1 Å². The molecule has 2 rings (SSSR count). The topological polar surface area (TPSA) is 28.2 Å². The summed E-state index contributed by atoms with van der Waals surface area (Å²) in [6, 6.07) is 4.74. The van der Waals surface area contributed by atoms with Crippen molar-refractivity contribution in [2.24, 2.45) is 0 Å². The Hall–Kier alpha value is -0.930. The minimum Gasteiger partial charge on any atom is -0.309 e. The first kappa shape index (κ1) is 13.5. The third kappa shape index (κ3) is 2.73. The molecule has 0 bridgehead atoms. The van der Waals surface area contributed by atoms with E-state index in [1.165, 1.54) is 18.4 Å². The van der Waals surface area contributed by atoms with Gasteiger partial charge >= 0.3 is 0 Å². The molecule has 3 nitrogen and oxygen atoms in total. The second-order valence-corrected chi connectivity index (χ2v) is 5.34. The number of hydrogen-bond acceptors (Lipinski definition) is 3. The van der Waals surface area contributed by atoms with Crippen molar-refractivity contribution in [2.75, 3.05) is 19.6 Å². The van der Waals surface area contributed by atoms with Gasteiger partial charge in [0.1, 0.15) is 0 Å². The summed E-state index contributed by atoms with van der Waals surface area (Å²) in [6.45, 7) is 10.2. The summed E-state index contributed by atoms with van der Waals surface area (Å²) in [5.41, 5.74) is 1.67. The number of pyridine rings is 1. The molecule has 0 amide bonds. The molecule has 1 atom stereocenters. The predicted octanol–water partition coefficient (Wildman–Crippen LogP) is 2.61. The summed E-state index contributed by atoms with van der Waals surface area (Å²) in [4.78, 5) is 6.70. The highest BCUT2D eigenvalue weighted by Crippen LogP contribution is 2.27. The molecule has 0 spiro atoms. The standard InChI is InChI=1S/C15H25N3/c1-4-15(5-2)12-18(11-10-17-15)13(3)14-6-8-16-9-7-14/h6-9,13,17H,4-5,10-12H2,1-3H3. The Morgan fingerprint density at radius 1 is 1.33 bits per heavy atom. The van der Waals surface area contributed by atoms with E-state index in [9.17, 15) is 0 Å². The number of aromatic nitrogens is 1. The molecule has 100 valence electrons. The second kappa shape index (κ2) is 5.81. The molecule has 1 aromatic rings. The SMILES string of the molecule is CCC1(CC)CN(C(C)c2ccncc2)CCN1. The van der Waals surface area contributed by atoms with E-state index >= 15 is 0 Å². The van der Waals surface area contributed by atoms with Gasteiger partial charge in [-0.2, -0.15) is 0 Å². The van der Waals surface area contributed by atoms with E-state index in [4.69, 9.17) is 0 Å². The van der Waals surface area contributed by atoms with Crippen LogP contribution in [0, 0.1) is 0 Å². The van der Waals surface area contributed by atoms with Crippen molar-refractivity contribution < 1.29 is 0 Å². The van der Waals surface area contributed by atoms with Crippen molar-refractivity contribution in [3.05, 3.63) is 30.1 Å². The molecular formula is C15H25N3. The maximum absolute atomic E-state index is 4.10. The van der Waals surface area contributed by atoms with Crippen LogP contribution in [0.3, 0.4) is 0 Å². The number of hydrogen-bond donors (Lipinski definition) is 1. The van der Waals surface area contributed by atoms with E-state index in [0.29, 0.717) is 11.6 Å². The van der Waals surface area contributed by atoms with Gasteiger partial charge in [0.05, 0.1) is 0 Å². The van der Waals surface area contributed by atoms with Crippen molar-refractivity contribution in [1.29, 1.82) is 0 Å². The lowest BCUT2D eigenvalue weighted by Gasteiger charge is -2.45. The molecule has 2 heterocycles. The number of nitrogens with one attached hydrogen (secondary N) is 1. The Morgan fingerprint density at radius 2 is 2.00 bits per heavy atom. The van der Waals surface area contributed by atoms with Gasteiger partial charge in [0.25, 0.3) is 0 Å². The lowest BCUT2D eigenvalue weighted by molar-refractivity contribution is 0.0919. The summed E-state index contributed by atoms with van der Waals surface area (Å²) in [6.07, 6.45) is 6.17. The maximum Gasteiger partial charge on any atom is 0.0322 e. The molecular weight excluding hydrogens is 222 g/mol. The predicted molar refractivity (Wildman–Crippen MR) is 75.5 cm³/mol. The zero-order chi connectivity index (χ0) is 13.0. The Morgan fingerprint density at radius 3 is 2.61 bits per heavy atom. The fraction of sp³-hybridized carbons (Fsp3) is 0.667. The van der Waals surface area contributed by atoms with Crippen LogP contribution in [0.5, 0.6) is 0 Å². The van der Waals surface area contributed by atoms with Crippen LogP contribution in [0.15, 0.2) is 24.5 Å². The molecule has 1 aromatic heterocycles. The first-order chi connectivity index (χ1) is 8.71. The van der Waals surface area contributed by atoms with Gasteiger partial charge in [0.15, 0.2) is 0 Å². The molecule has 0 aromatic carbocycles. The molecule has 0 aliphatic carbocycles. The van der Waals surface area contributed by atoms with Gasteiger partial charge in [-0.3, -0.25) is 9.88 Å². The molecule has 1 fully saturated rings. The summed E-state index contributed by atoms with van der Waals surface area (Å²) in [7, 11) is 0. The van der Waals surface area contributed by atoms with Crippen LogP contribution in [-0.2, 0) is 0 Å². The van der Waals surface area contributed by atoms with Crippen LogP contribution < -0.4 is 5.32 Å². The van der Waals surface area contributed by atoms with Gasteiger partial charge in [0, 0.05) is 43.6 Å². The third-order valence-electron chi connectivity index (χ3n) is 4.49. The van der Waals surface area contributed by atoms with E-state index < -0.39 is 0 Å². The van der Waals surface area contributed by atoms with Gasteiger partial charge in [-0.25, -0.2) is 0 Å². The van der Waals surface area contributed by atoms with E-state index in [-0.39, 0.29) is 0 Å². The smallest absolute Gasteiger partial charge is 0.0322 e. The molecule has 1 aliphatic rings. The van der Waals surface area contributed by atoms with E-state index in [1.807, 2.05) is 12.4 Å². The van der Waals surface area contributed by atoms with Crippen molar-refractivity contribution >= 4 is 0 Å². The molecule has 18 heavy (non-hydrogen) atoms. The van der Waals surface area contributed by atoms with Gasteiger partial charge < -0.3 is 5.32 Å². The van der Waals surface area contributed by atoms with Crippen molar-refractivity contribution in [1.82, 2.24) is 15.2 Å². The highest BCUT2D eigenvalue weighted by atomic mass is 15.2. The van der Waals surface area contributed by atoms with Gasteiger partial charge in [0.2, 0.25) is 0 Å². The summed E-state index contributed by atoms with van der Waals surface area (Å²) in [5.74, 6) is 0. The first-order valence-corrected chi connectivity index (χ1v) is 7.10. The lowest BCUT2D eigenvalue weighted by atomic mass is 9.89. The molecule has 1 aliphatic heterocycles. The first-order valence-electron chi connectivity index (χ1n) is 7.10. The zero-order valence-electron chi connectivity index (χ0n) is 11.8. The second-order valence-electron chi connectivity index (χ2n) is 5.34. The van der Waals surface area contributed by atoms with Crippen LogP contribution in [0.2, 0.25) is 0 Å². The maximum atomic E-state index is 4.10. The Kier molecular flexibility index (Phi) is 4.36. The van der Waals surface area contributed by atoms with Gasteiger partial charge in [-0.05, 0) is 37.5 Å². The average Bonchev–Trinajstić information content (AvgIpc) is 2.47. The van der Waals surface area contributed by atoms with Crippen molar-refractivity contribution in [3.63, 3.8) is 0 Å². The van der Waals surface area contributed by atoms with Crippen molar-refractivity contribution in [2.45, 2.75) is 45.2 Å². The Labute approximate surface area is 111 Å². The normalized spacial score (nSPS) is 21.7. The monoisotopic (exact) mass is 247 g/mol. The van der Waals surface area contributed by atoms with E-state index in [1.54, 1.807) is 0 Å². The third-order valence-corrected chi connectivity index (χ3v) is 4.49. The van der Waals surface area contributed by atoms with Crippen LogP contribution in [0.25, 0.3) is 0 Å². The minimum atomic E-state index is 0.305. The molecule has 0 saturated carbocycles. The Bertz CT molecular complexity index is 359. The summed E-state index contributed by atoms with van der Waals surface area (Å²) >= 11 is 0. The Balaban J connectivity index is 2.09. The fourth-order valence-corrected chi connectivity index (χ4v) is 2.90. The van der Waals surface area contributed by atoms with Crippen LogP contribution in [0.4, 0.5) is 0 Å². The number of nitrogens with zero attached hydrogens (tertiary/aromatic N) is 2. The summed E-state index contributed by atoms with van der Waals surface area (Å²) < 4.78 is 0. The zero-order valence-corrected chi connectivity index (χ0v) is 11.8. The lowest BCUT2D eigenvalue weighted by Crippen LogP contribution is -2.60. The molecule has 1 N–H and O–H groups in total. The quantitative estimate of drug-likeness (QED) is 0.886. The molecule has 1 saturated heterocycles. The number of rotatable bonds is 4. The average molecular weight is 247 g/mol.